The molecule has 7 heteroatoms. The summed E-state index contributed by atoms with van der Waals surface area (Å²) in [7, 11) is 0. The summed E-state index contributed by atoms with van der Waals surface area (Å²) in [5.74, 6) is 1.07. The second-order valence-corrected chi connectivity index (χ2v) is 5.62. The Morgan fingerprint density at radius 2 is 1.65 bits per heavy atom. The van der Waals surface area contributed by atoms with Gasteiger partial charge in [-0.2, -0.15) is 5.10 Å². The van der Waals surface area contributed by atoms with Gasteiger partial charge in [-0.1, -0.05) is 18.2 Å². The molecule has 7 nitrogen and oxygen atoms in total. The van der Waals surface area contributed by atoms with Crippen LogP contribution in [0.4, 0.5) is 0 Å². The number of hydrogen-bond acceptors (Lipinski definition) is 6. The van der Waals surface area contributed by atoms with Crippen LogP contribution in [0.5, 0.6) is 11.6 Å². The zero-order chi connectivity index (χ0) is 17.3. The van der Waals surface area contributed by atoms with Crippen LogP contribution in [0.15, 0.2) is 73.4 Å². The van der Waals surface area contributed by atoms with Crippen molar-refractivity contribution in [2.45, 2.75) is 0 Å². The van der Waals surface area contributed by atoms with Crippen LogP contribution in [0.2, 0.25) is 0 Å². The molecule has 0 atom stereocenters. The molecule has 26 heavy (non-hydrogen) atoms. The van der Waals surface area contributed by atoms with E-state index in [4.69, 9.17) is 4.74 Å². The summed E-state index contributed by atoms with van der Waals surface area (Å²) in [4.78, 5) is 17.2. The van der Waals surface area contributed by atoms with Crippen molar-refractivity contribution in [1.82, 2.24) is 29.7 Å². The van der Waals surface area contributed by atoms with Gasteiger partial charge in [-0.3, -0.25) is 9.97 Å². The van der Waals surface area contributed by atoms with Gasteiger partial charge in [0.2, 0.25) is 5.88 Å². The maximum atomic E-state index is 5.98. The third kappa shape index (κ3) is 2.42. The molecule has 0 amide bonds. The summed E-state index contributed by atoms with van der Waals surface area (Å²) in [5.41, 5.74) is 3.18. The number of aromatic nitrogens is 6. The average Bonchev–Trinajstić information content (AvgIpc) is 3.14. The lowest BCUT2D eigenvalue weighted by atomic mass is 10.3. The molecule has 0 unspecified atom stereocenters. The predicted molar refractivity (Wildman–Crippen MR) is 96.3 cm³/mol. The highest BCUT2D eigenvalue weighted by Gasteiger charge is 2.13. The average molecular weight is 340 g/mol. The predicted octanol–water partition coefficient (Wildman–Crippen LogP) is 3.55. The van der Waals surface area contributed by atoms with E-state index < -0.39 is 0 Å². The van der Waals surface area contributed by atoms with Gasteiger partial charge in [-0.15, -0.1) is 0 Å². The van der Waals surface area contributed by atoms with Crippen LogP contribution in [0.25, 0.3) is 27.8 Å². The van der Waals surface area contributed by atoms with Crippen LogP contribution in [-0.4, -0.2) is 29.7 Å². The van der Waals surface area contributed by atoms with E-state index in [-0.39, 0.29) is 0 Å². The van der Waals surface area contributed by atoms with Crippen molar-refractivity contribution < 1.29 is 4.74 Å². The first-order valence-electron chi connectivity index (χ1n) is 8.01. The first-order chi connectivity index (χ1) is 12.9. The van der Waals surface area contributed by atoms with Crippen LogP contribution in [0.3, 0.4) is 0 Å². The summed E-state index contributed by atoms with van der Waals surface area (Å²) in [6, 6.07) is 15.3. The van der Waals surface area contributed by atoms with Crippen LogP contribution < -0.4 is 4.74 Å². The largest absolute Gasteiger partial charge is 0.438 e. The van der Waals surface area contributed by atoms with Crippen LogP contribution in [0, 0.1) is 0 Å². The van der Waals surface area contributed by atoms with Crippen molar-refractivity contribution in [1.29, 1.82) is 0 Å². The second kappa shape index (κ2) is 5.89. The molecule has 0 N–H and O–H groups in total. The van der Waals surface area contributed by atoms with E-state index >= 15 is 0 Å². The zero-order valence-electron chi connectivity index (χ0n) is 13.5. The van der Waals surface area contributed by atoms with E-state index in [1.165, 1.54) is 6.33 Å². The van der Waals surface area contributed by atoms with Crippen molar-refractivity contribution >= 4 is 22.1 Å². The Bertz CT molecular complexity index is 1220. The van der Waals surface area contributed by atoms with E-state index in [0.717, 1.165) is 22.1 Å². The lowest BCUT2D eigenvalue weighted by molar-refractivity contribution is 0.469. The van der Waals surface area contributed by atoms with Gasteiger partial charge < -0.3 is 4.74 Å². The van der Waals surface area contributed by atoms with Gasteiger partial charge in [-0.25, -0.2) is 14.6 Å². The number of hydrogen-bond donors (Lipinski definition) is 0. The third-order valence-corrected chi connectivity index (χ3v) is 3.99. The van der Waals surface area contributed by atoms with Gasteiger partial charge in [0.1, 0.15) is 17.5 Å². The van der Waals surface area contributed by atoms with E-state index in [9.17, 15) is 0 Å². The smallest absolute Gasteiger partial charge is 0.233 e. The quantitative estimate of drug-likeness (QED) is 0.500. The molecule has 0 aliphatic rings. The zero-order valence-corrected chi connectivity index (χ0v) is 13.5. The Balaban J connectivity index is 1.57. The van der Waals surface area contributed by atoms with Gasteiger partial charge in [0.15, 0.2) is 5.65 Å². The summed E-state index contributed by atoms with van der Waals surface area (Å²) in [5, 5.41) is 5.16. The SMILES string of the molecule is c1ccc(-n2ncc3c(Oc4ccc5nccnc5c4)ncnc32)cc1. The molecule has 2 aromatic carbocycles. The summed E-state index contributed by atoms with van der Waals surface area (Å²) < 4.78 is 7.74. The van der Waals surface area contributed by atoms with Gasteiger partial charge >= 0.3 is 0 Å². The molecular weight excluding hydrogens is 328 g/mol. The van der Waals surface area contributed by atoms with Crippen molar-refractivity contribution in [3.8, 4) is 17.3 Å². The molecule has 0 spiro atoms. The fraction of sp³-hybridized carbons (Fsp3) is 0. The molecule has 0 saturated heterocycles. The summed E-state index contributed by atoms with van der Waals surface area (Å²) in [6.07, 6.45) is 6.49. The van der Waals surface area contributed by atoms with Gasteiger partial charge in [0.25, 0.3) is 0 Å². The normalized spacial score (nSPS) is 11.1. The number of benzene rings is 2. The Hall–Kier alpha value is -3.87. The maximum absolute atomic E-state index is 5.98. The standard InChI is InChI=1S/C19H12N6O/c1-2-4-13(5-3-1)25-18-15(11-24-25)19(23-12-22-18)26-14-6-7-16-17(10-14)21-9-8-20-16/h1-12H. The Labute approximate surface area is 148 Å². The van der Waals surface area contributed by atoms with E-state index in [1.807, 2.05) is 48.5 Å². The van der Waals surface area contributed by atoms with Gasteiger partial charge in [0, 0.05) is 18.5 Å². The molecule has 0 fully saturated rings. The molecule has 3 aromatic heterocycles. The molecule has 3 heterocycles. The highest BCUT2D eigenvalue weighted by atomic mass is 16.5. The van der Waals surface area contributed by atoms with Crippen molar-refractivity contribution in [2.75, 3.05) is 0 Å². The first kappa shape index (κ1) is 14.5. The highest BCUT2D eigenvalue weighted by Crippen LogP contribution is 2.28. The van der Waals surface area contributed by atoms with Crippen molar-refractivity contribution in [3.63, 3.8) is 0 Å². The monoisotopic (exact) mass is 340 g/mol. The molecule has 0 saturated carbocycles. The van der Waals surface area contributed by atoms with Crippen molar-refractivity contribution in [2.24, 2.45) is 0 Å². The molecule has 0 aliphatic heterocycles. The number of fused-ring (bicyclic) bond motifs is 2. The molecular formula is C19H12N6O. The minimum atomic E-state index is 0.445. The fourth-order valence-electron chi connectivity index (χ4n) is 2.78. The summed E-state index contributed by atoms with van der Waals surface area (Å²) >= 11 is 0. The first-order valence-corrected chi connectivity index (χ1v) is 8.01. The molecule has 124 valence electrons. The van der Waals surface area contributed by atoms with E-state index in [0.29, 0.717) is 17.3 Å². The number of ether oxygens (including phenoxy) is 1. The minimum Gasteiger partial charge on any atom is -0.438 e. The lowest BCUT2D eigenvalue weighted by Crippen LogP contribution is -1.98. The van der Waals surface area contributed by atoms with Gasteiger partial charge in [0.05, 0.1) is 22.9 Å². The Morgan fingerprint density at radius 3 is 2.54 bits per heavy atom. The minimum absolute atomic E-state index is 0.445. The molecule has 5 aromatic rings. The Kier molecular flexibility index (Phi) is 3.28. The molecule has 0 aliphatic carbocycles. The van der Waals surface area contributed by atoms with Crippen LogP contribution >= 0.6 is 0 Å². The maximum Gasteiger partial charge on any atom is 0.233 e. The summed E-state index contributed by atoms with van der Waals surface area (Å²) in [6.45, 7) is 0. The topological polar surface area (TPSA) is 78.6 Å². The van der Waals surface area contributed by atoms with E-state index in [2.05, 4.69) is 25.0 Å². The van der Waals surface area contributed by atoms with E-state index in [1.54, 1.807) is 23.3 Å². The number of para-hydroxylation sites is 1. The fourth-order valence-corrected chi connectivity index (χ4v) is 2.78. The van der Waals surface area contributed by atoms with Crippen LogP contribution in [0.1, 0.15) is 0 Å². The number of rotatable bonds is 3. The van der Waals surface area contributed by atoms with Crippen LogP contribution in [-0.2, 0) is 0 Å². The second-order valence-electron chi connectivity index (χ2n) is 5.62. The lowest BCUT2D eigenvalue weighted by Gasteiger charge is -2.06. The third-order valence-electron chi connectivity index (χ3n) is 3.99. The molecule has 5 rings (SSSR count). The molecule has 0 radical (unpaired) electrons. The highest BCUT2D eigenvalue weighted by molar-refractivity contribution is 5.82. The Morgan fingerprint density at radius 1 is 0.808 bits per heavy atom. The van der Waals surface area contributed by atoms with Gasteiger partial charge in [-0.05, 0) is 24.3 Å². The number of nitrogens with zero attached hydrogens (tertiary/aromatic N) is 6. The molecule has 0 bridgehead atoms. The van der Waals surface area contributed by atoms with Crippen molar-refractivity contribution in [3.05, 3.63) is 73.4 Å².